The average Bonchev–Trinajstić information content (AvgIpc) is 2.69. The van der Waals surface area contributed by atoms with Gasteiger partial charge in [-0.1, -0.05) is 12.1 Å². The smallest absolute Gasteiger partial charge is 0.234 e. The predicted octanol–water partition coefficient (Wildman–Crippen LogP) is 1.47. The van der Waals surface area contributed by atoms with Gasteiger partial charge in [-0.05, 0) is 43.6 Å². The first-order valence-corrected chi connectivity index (χ1v) is 7.10. The maximum Gasteiger partial charge on any atom is 0.234 e. The second-order valence-electron chi connectivity index (χ2n) is 5.24. The zero-order valence-electron chi connectivity index (χ0n) is 12.3. The van der Waals surface area contributed by atoms with E-state index in [1.54, 1.807) is 13.0 Å². The highest BCUT2D eigenvalue weighted by atomic mass is 35.5. The highest BCUT2D eigenvalue weighted by molar-refractivity contribution is 5.85. The topological polar surface area (TPSA) is 44.4 Å². The second-order valence-corrected chi connectivity index (χ2v) is 5.24. The van der Waals surface area contributed by atoms with Crippen molar-refractivity contribution in [3.8, 4) is 0 Å². The number of hydrogen-bond donors (Lipinski definition) is 2. The third-order valence-corrected chi connectivity index (χ3v) is 3.53. The van der Waals surface area contributed by atoms with Crippen LogP contribution in [0.3, 0.4) is 0 Å². The van der Waals surface area contributed by atoms with Crippen LogP contribution in [0.1, 0.15) is 17.5 Å². The van der Waals surface area contributed by atoms with Gasteiger partial charge in [-0.2, -0.15) is 0 Å². The minimum Gasteiger partial charge on any atom is -0.351 e. The Hall–Kier alpha value is -1.17. The fourth-order valence-electron chi connectivity index (χ4n) is 2.27. The number of aryl methyl sites for hydroxylation is 1. The van der Waals surface area contributed by atoms with E-state index in [0.717, 1.165) is 38.2 Å². The molecule has 1 aliphatic rings. The van der Waals surface area contributed by atoms with Crippen molar-refractivity contribution in [2.75, 3.05) is 32.7 Å². The van der Waals surface area contributed by atoms with E-state index in [2.05, 4.69) is 15.5 Å². The molecule has 21 heavy (non-hydrogen) atoms. The highest BCUT2D eigenvalue weighted by Crippen LogP contribution is 2.08. The molecule has 0 spiro atoms. The first-order valence-electron chi connectivity index (χ1n) is 7.10. The van der Waals surface area contributed by atoms with Gasteiger partial charge in [0.25, 0.3) is 0 Å². The van der Waals surface area contributed by atoms with Crippen molar-refractivity contribution in [2.24, 2.45) is 0 Å². The summed E-state index contributed by atoms with van der Waals surface area (Å²) in [6, 6.07) is 5.05. The molecule has 1 heterocycles. The Balaban J connectivity index is 0.00000220. The monoisotopic (exact) mass is 315 g/mol. The molecule has 6 heteroatoms. The molecule has 1 aromatic rings. The molecule has 2 rings (SSSR count). The van der Waals surface area contributed by atoms with Gasteiger partial charge in [0, 0.05) is 19.6 Å². The van der Waals surface area contributed by atoms with Crippen molar-refractivity contribution in [3.63, 3.8) is 0 Å². The van der Waals surface area contributed by atoms with Gasteiger partial charge in [0.2, 0.25) is 5.91 Å². The largest absolute Gasteiger partial charge is 0.351 e. The third-order valence-electron chi connectivity index (χ3n) is 3.53. The Morgan fingerprint density at radius 2 is 2.19 bits per heavy atom. The van der Waals surface area contributed by atoms with Crippen LogP contribution >= 0.6 is 12.4 Å². The van der Waals surface area contributed by atoms with Crippen LogP contribution in [0, 0.1) is 12.7 Å². The molecule has 1 amide bonds. The number of rotatable bonds is 4. The fraction of sp³-hybridized carbons (Fsp3) is 0.533. The van der Waals surface area contributed by atoms with Crippen LogP contribution < -0.4 is 10.6 Å². The van der Waals surface area contributed by atoms with Gasteiger partial charge in [-0.25, -0.2) is 4.39 Å². The van der Waals surface area contributed by atoms with Crippen molar-refractivity contribution in [2.45, 2.75) is 19.9 Å². The van der Waals surface area contributed by atoms with E-state index in [4.69, 9.17) is 0 Å². The van der Waals surface area contributed by atoms with Crippen molar-refractivity contribution in [3.05, 3.63) is 35.1 Å². The number of nitrogens with one attached hydrogen (secondary N) is 2. The van der Waals surface area contributed by atoms with E-state index in [1.807, 2.05) is 6.07 Å². The van der Waals surface area contributed by atoms with Crippen molar-refractivity contribution >= 4 is 18.3 Å². The minimum atomic E-state index is -0.227. The van der Waals surface area contributed by atoms with Gasteiger partial charge >= 0.3 is 0 Å². The van der Waals surface area contributed by atoms with Crippen LogP contribution in [0.15, 0.2) is 18.2 Å². The van der Waals surface area contributed by atoms with E-state index in [1.165, 1.54) is 6.07 Å². The molecular weight excluding hydrogens is 293 g/mol. The van der Waals surface area contributed by atoms with E-state index in [9.17, 15) is 9.18 Å². The summed E-state index contributed by atoms with van der Waals surface area (Å²) in [5.41, 5.74) is 1.41. The average molecular weight is 316 g/mol. The Labute approximate surface area is 131 Å². The van der Waals surface area contributed by atoms with Crippen LogP contribution in [-0.2, 0) is 11.3 Å². The van der Waals surface area contributed by atoms with Crippen LogP contribution in [0.5, 0.6) is 0 Å². The van der Waals surface area contributed by atoms with Gasteiger partial charge in [-0.15, -0.1) is 12.4 Å². The fourth-order valence-corrected chi connectivity index (χ4v) is 2.27. The standard InChI is InChI=1S/C15H22FN3O.ClH/c1-12-3-4-13(9-14(12)16)10-18-15(20)11-19-7-2-5-17-6-8-19;/h3-4,9,17H,2,5-8,10-11H2,1H3,(H,18,20);1H. The molecule has 0 aliphatic carbocycles. The second kappa shape index (κ2) is 8.97. The molecule has 0 saturated carbocycles. The molecule has 0 radical (unpaired) electrons. The predicted molar refractivity (Wildman–Crippen MR) is 84.2 cm³/mol. The number of halogens is 2. The number of amides is 1. The highest BCUT2D eigenvalue weighted by Gasteiger charge is 2.12. The molecule has 1 saturated heterocycles. The first-order chi connectivity index (χ1) is 9.65. The zero-order chi connectivity index (χ0) is 14.4. The van der Waals surface area contributed by atoms with Crippen molar-refractivity contribution < 1.29 is 9.18 Å². The number of carbonyl (C=O) groups is 1. The lowest BCUT2D eigenvalue weighted by Gasteiger charge is -2.18. The summed E-state index contributed by atoms with van der Waals surface area (Å²) in [6.07, 6.45) is 1.07. The summed E-state index contributed by atoms with van der Waals surface area (Å²) in [6.45, 7) is 6.30. The van der Waals surface area contributed by atoms with E-state index in [-0.39, 0.29) is 24.1 Å². The summed E-state index contributed by atoms with van der Waals surface area (Å²) >= 11 is 0. The summed E-state index contributed by atoms with van der Waals surface area (Å²) in [5, 5.41) is 6.15. The molecule has 4 nitrogen and oxygen atoms in total. The molecular formula is C15H23ClFN3O. The van der Waals surface area contributed by atoms with E-state index in [0.29, 0.717) is 18.7 Å². The normalized spacial score (nSPS) is 15.9. The van der Waals surface area contributed by atoms with Crippen molar-refractivity contribution in [1.29, 1.82) is 0 Å². The summed E-state index contributed by atoms with van der Waals surface area (Å²) in [4.78, 5) is 14.0. The summed E-state index contributed by atoms with van der Waals surface area (Å²) in [7, 11) is 0. The van der Waals surface area contributed by atoms with Gasteiger partial charge in [0.15, 0.2) is 0 Å². The number of nitrogens with zero attached hydrogens (tertiary/aromatic N) is 1. The lowest BCUT2D eigenvalue weighted by atomic mass is 10.1. The molecule has 1 aromatic carbocycles. The van der Waals surface area contributed by atoms with Gasteiger partial charge in [-0.3, -0.25) is 9.69 Å². The maximum absolute atomic E-state index is 13.4. The lowest BCUT2D eigenvalue weighted by molar-refractivity contribution is -0.122. The molecule has 0 unspecified atom stereocenters. The summed E-state index contributed by atoms with van der Waals surface area (Å²) in [5.74, 6) is -0.233. The van der Waals surface area contributed by atoms with Crippen LogP contribution in [0.2, 0.25) is 0 Å². The Morgan fingerprint density at radius 1 is 1.38 bits per heavy atom. The van der Waals surface area contributed by atoms with E-state index >= 15 is 0 Å². The van der Waals surface area contributed by atoms with Crippen LogP contribution in [0.4, 0.5) is 4.39 Å². The minimum absolute atomic E-state index is 0. The lowest BCUT2D eigenvalue weighted by Crippen LogP contribution is -2.38. The Bertz CT molecular complexity index is 462. The molecule has 1 fully saturated rings. The Morgan fingerprint density at radius 3 is 2.95 bits per heavy atom. The van der Waals surface area contributed by atoms with Gasteiger partial charge in [0.05, 0.1) is 6.54 Å². The quantitative estimate of drug-likeness (QED) is 0.884. The molecule has 118 valence electrons. The van der Waals surface area contributed by atoms with Crippen LogP contribution in [-0.4, -0.2) is 43.5 Å². The third kappa shape index (κ3) is 5.99. The number of carbonyl (C=O) groups excluding carboxylic acids is 1. The molecule has 1 aliphatic heterocycles. The van der Waals surface area contributed by atoms with Crippen molar-refractivity contribution in [1.82, 2.24) is 15.5 Å². The number of hydrogen-bond acceptors (Lipinski definition) is 3. The Kier molecular flexibility index (Phi) is 7.64. The van der Waals surface area contributed by atoms with E-state index < -0.39 is 0 Å². The molecule has 2 N–H and O–H groups in total. The number of benzene rings is 1. The summed E-state index contributed by atoms with van der Waals surface area (Å²) < 4.78 is 13.4. The maximum atomic E-state index is 13.4. The molecule has 0 bridgehead atoms. The van der Waals surface area contributed by atoms with Gasteiger partial charge in [0.1, 0.15) is 5.82 Å². The molecule has 0 atom stereocenters. The zero-order valence-corrected chi connectivity index (χ0v) is 13.1. The SMILES string of the molecule is Cc1ccc(CNC(=O)CN2CCCNCC2)cc1F.Cl. The van der Waals surface area contributed by atoms with Gasteiger partial charge < -0.3 is 10.6 Å². The van der Waals surface area contributed by atoms with Crippen LogP contribution in [0.25, 0.3) is 0 Å². The first kappa shape index (κ1) is 17.9. The molecule has 0 aromatic heterocycles.